The number of hydrogen-bond donors (Lipinski definition) is 0. The Bertz CT molecular complexity index is 1110. The van der Waals surface area contributed by atoms with Gasteiger partial charge in [-0.3, -0.25) is 4.79 Å². The van der Waals surface area contributed by atoms with Crippen molar-refractivity contribution in [2.75, 3.05) is 6.61 Å². The highest BCUT2D eigenvalue weighted by molar-refractivity contribution is 5.78. The molecule has 230 valence electrons. The van der Waals surface area contributed by atoms with Crippen LogP contribution in [0, 0.1) is 56.7 Å². The molecule has 0 amide bonds. The smallest absolute Gasteiger partial charge is 0.338 e. The highest BCUT2D eigenvalue weighted by Crippen LogP contribution is 2.78. The van der Waals surface area contributed by atoms with Crippen LogP contribution >= 0.6 is 0 Å². The Kier molecular flexibility index (Phi) is 6.93. The molecule has 0 N–H and O–H groups in total. The first-order chi connectivity index (χ1) is 19.2. The maximum absolute atomic E-state index is 12.8. The van der Waals surface area contributed by atoms with Crippen LogP contribution in [0.4, 0.5) is 0 Å². The molecule has 6 aliphatic rings. The summed E-state index contributed by atoms with van der Waals surface area (Å²) in [5, 5.41) is 0. The molecule has 5 aliphatic carbocycles. The van der Waals surface area contributed by atoms with Gasteiger partial charge in [-0.2, -0.15) is 0 Å². The normalized spacial score (nSPS) is 51.3. The van der Waals surface area contributed by atoms with E-state index in [9.17, 15) is 9.59 Å². The van der Waals surface area contributed by atoms with Gasteiger partial charge in [-0.1, -0.05) is 46.8 Å². The minimum atomic E-state index is -0.374. The Morgan fingerprint density at radius 2 is 1.59 bits per heavy atom. The third kappa shape index (κ3) is 3.95. The van der Waals surface area contributed by atoms with Crippen LogP contribution in [0.1, 0.15) is 120 Å². The van der Waals surface area contributed by atoms with Crippen molar-refractivity contribution < 1.29 is 23.8 Å². The Labute approximate surface area is 248 Å². The zero-order chi connectivity index (χ0) is 29.8. The number of carbonyl (C=O) groups is 2. The molecule has 0 aromatic rings. The molecule has 6 rings (SSSR count). The Hall–Kier alpha value is -1.36. The molecule has 0 spiro atoms. The quantitative estimate of drug-likeness (QED) is 0.192. The molecule has 1 aliphatic heterocycles. The second-order valence-corrected chi connectivity index (χ2v) is 16.6. The molecule has 5 heteroatoms. The summed E-state index contributed by atoms with van der Waals surface area (Å²) in [6.07, 6.45) is 11.5. The van der Waals surface area contributed by atoms with Crippen LogP contribution in [0.3, 0.4) is 0 Å². The van der Waals surface area contributed by atoms with Crippen LogP contribution in [-0.2, 0) is 23.8 Å². The maximum Gasteiger partial charge on any atom is 0.338 e. The van der Waals surface area contributed by atoms with E-state index in [1.807, 2.05) is 6.92 Å². The first-order valence-electron chi connectivity index (χ1n) is 16.8. The second-order valence-electron chi connectivity index (χ2n) is 16.6. The van der Waals surface area contributed by atoms with Crippen molar-refractivity contribution in [3.05, 3.63) is 12.2 Å². The fraction of sp³-hybridized carbons (Fsp3) is 0.889. The van der Waals surface area contributed by atoms with Crippen molar-refractivity contribution in [3.8, 4) is 0 Å². The summed E-state index contributed by atoms with van der Waals surface area (Å²) in [7, 11) is 0. The van der Waals surface area contributed by atoms with Gasteiger partial charge in [-0.05, 0) is 124 Å². The van der Waals surface area contributed by atoms with Crippen molar-refractivity contribution in [1.82, 2.24) is 0 Å². The first-order valence-corrected chi connectivity index (χ1v) is 16.8. The number of fused-ring (bicyclic) bond motifs is 7. The van der Waals surface area contributed by atoms with Gasteiger partial charge < -0.3 is 14.2 Å². The Balaban J connectivity index is 1.33. The topological polar surface area (TPSA) is 65.1 Å². The molecule has 0 aromatic heterocycles. The predicted octanol–water partition coefficient (Wildman–Crippen LogP) is 7.91. The third-order valence-corrected chi connectivity index (χ3v) is 15.0. The number of carbonyl (C=O) groups excluding carboxylic acids is 2. The summed E-state index contributed by atoms with van der Waals surface area (Å²) < 4.78 is 17.6. The van der Waals surface area contributed by atoms with Crippen LogP contribution in [0.15, 0.2) is 12.2 Å². The zero-order valence-corrected chi connectivity index (χ0v) is 27.1. The first kappa shape index (κ1) is 29.7. The number of rotatable bonds is 5. The highest BCUT2D eigenvalue weighted by atomic mass is 16.6. The molecule has 5 saturated carbocycles. The van der Waals surface area contributed by atoms with E-state index in [2.05, 4.69) is 48.1 Å². The predicted molar refractivity (Wildman–Crippen MR) is 160 cm³/mol. The van der Waals surface area contributed by atoms with Gasteiger partial charge in [0, 0.05) is 17.8 Å². The molecule has 1 heterocycles. The van der Waals surface area contributed by atoms with E-state index < -0.39 is 0 Å². The number of allylic oxidation sites excluding steroid dienone is 1. The van der Waals surface area contributed by atoms with Gasteiger partial charge in [0.25, 0.3) is 0 Å². The maximum atomic E-state index is 12.8. The van der Waals surface area contributed by atoms with Gasteiger partial charge in [0.05, 0.1) is 6.61 Å². The lowest BCUT2D eigenvalue weighted by atomic mass is 9.32. The number of hydrogen-bond acceptors (Lipinski definition) is 5. The van der Waals surface area contributed by atoms with Gasteiger partial charge in [0.15, 0.2) is 6.10 Å². The van der Waals surface area contributed by atoms with Gasteiger partial charge in [-0.25, -0.2) is 4.79 Å². The fourth-order valence-electron chi connectivity index (χ4n) is 13.0. The molecule has 0 bridgehead atoms. The van der Waals surface area contributed by atoms with Crippen LogP contribution in [-0.4, -0.2) is 36.9 Å². The summed E-state index contributed by atoms with van der Waals surface area (Å²) in [6.45, 7) is 23.3. The van der Waals surface area contributed by atoms with E-state index >= 15 is 0 Å². The highest BCUT2D eigenvalue weighted by Gasteiger charge is 2.74. The van der Waals surface area contributed by atoms with E-state index in [0.717, 1.165) is 25.7 Å². The number of epoxide rings is 1. The monoisotopic (exact) mass is 568 g/mol. The summed E-state index contributed by atoms with van der Waals surface area (Å²) in [6, 6.07) is 0. The summed E-state index contributed by atoms with van der Waals surface area (Å²) >= 11 is 0. The minimum absolute atomic E-state index is 0.0107. The average molecular weight is 569 g/mol. The van der Waals surface area contributed by atoms with Crippen molar-refractivity contribution in [2.45, 2.75) is 138 Å². The molecule has 1 saturated heterocycles. The standard InChI is InChI=1S/C36H56O5/c1-10-39-31(38)29-30(41-29)36-18-13-23(21(2)3)28(36)24-11-12-26-33(7)16-15-27(40-22(4)37)32(5,6)25(33)14-17-35(26,9)34(24,8)19-20-36/h23-30H,2,10-20H2,1,3-9H3/t23-,24+,25-,26+,27-,28+,29+,30+,33-,34+,35+,36-/m0/s1. The molecule has 6 fully saturated rings. The van der Waals surface area contributed by atoms with Crippen molar-refractivity contribution in [2.24, 2.45) is 56.7 Å². The summed E-state index contributed by atoms with van der Waals surface area (Å²) in [5.41, 5.74) is 2.16. The molecule has 5 nitrogen and oxygen atoms in total. The van der Waals surface area contributed by atoms with Gasteiger partial charge in [-0.15, -0.1) is 0 Å². The van der Waals surface area contributed by atoms with Crippen molar-refractivity contribution >= 4 is 11.9 Å². The Morgan fingerprint density at radius 1 is 0.854 bits per heavy atom. The largest absolute Gasteiger partial charge is 0.464 e. The number of esters is 2. The lowest BCUT2D eigenvalue weighted by Crippen LogP contribution is -2.67. The average Bonchev–Trinajstić information content (AvgIpc) is 3.60. The molecule has 0 unspecified atom stereocenters. The fourth-order valence-corrected chi connectivity index (χ4v) is 13.0. The lowest BCUT2D eigenvalue weighted by molar-refractivity contribution is -0.250. The zero-order valence-electron chi connectivity index (χ0n) is 27.1. The van der Waals surface area contributed by atoms with Gasteiger partial charge in [0.1, 0.15) is 12.2 Å². The van der Waals surface area contributed by atoms with E-state index in [0.29, 0.717) is 36.2 Å². The lowest BCUT2D eigenvalue weighted by Gasteiger charge is -2.73. The summed E-state index contributed by atoms with van der Waals surface area (Å²) in [4.78, 5) is 24.7. The number of ether oxygens (including phenoxy) is 3. The van der Waals surface area contributed by atoms with E-state index in [1.54, 1.807) is 6.92 Å². The SMILES string of the molecule is C=C(C)[C@@H]1CC[C@]2([C@@H]3O[C@H]3C(=O)OCC)CC[C@]3(C)[C@H](CC[C@@H]4[C@@]5(C)CC[C@H](OC(C)=O)C(C)(C)[C@@H]5CC[C@]43C)[C@@H]12. The van der Waals surface area contributed by atoms with Crippen LogP contribution < -0.4 is 0 Å². The van der Waals surface area contributed by atoms with Crippen molar-refractivity contribution in [3.63, 3.8) is 0 Å². The molecule has 0 aromatic carbocycles. The molecular weight excluding hydrogens is 512 g/mol. The molecular formula is C36H56O5. The molecule has 12 atom stereocenters. The van der Waals surface area contributed by atoms with Crippen LogP contribution in [0.25, 0.3) is 0 Å². The minimum Gasteiger partial charge on any atom is -0.464 e. The van der Waals surface area contributed by atoms with E-state index in [-0.39, 0.29) is 57.3 Å². The Morgan fingerprint density at radius 3 is 2.24 bits per heavy atom. The molecule has 0 radical (unpaired) electrons. The molecule has 41 heavy (non-hydrogen) atoms. The second kappa shape index (κ2) is 9.57. The van der Waals surface area contributed by atoms with Gasteiger partial charge >= 0.3 is 11.9 Å². The summed E-state index contributed by atoms with van der Waals surface area (Å²) in [5.74, 6) is 2.60. The van der Waals surface area contributed by atoms with Gasteiger partial charge in [0.2, 0.25) is 0 Å². The van der Waals surface area contributed by atoms with E-state index in [4.69, 9.17) is 14.2 Å². The third-order valence-electron chi connectivity index (χ3n) is 15.0. The van der Waals surface area contributed by atoms with Crippen molar-refractivity contribution in [1.29, 1.82) is 0 Å². The van der Waals surface area contributed by atoms with Crippen LogP contribution in [0.2, 0.25) is 0 Å². The van der Waals surface area contributed by atoms with E-state index in [1.165, 1.54) is 44.1 Å². The van der Waals surface area contributed by atoms with Crippen LogP contribution in [0.5, 0.6) is 0 Å².